The van der Waals surface area contributed by atoms with Crippen LogP contribution in [0.3, 0.4) is 0 Å². The summed E-state index contributed by atoms with van der Waals surface area (Å²) in [4.78, 5) is 0. The topological polar surface area (TPSA) is 0 Å². The van der Waals surface area contributed by atoms with E-state index in [2.05, 4.69) is 41.0 Å². The molecule has 0 fully saturated rings. The van der Waals surface area contributed by atoms with Crippen molar-refractivity contribution in [1.82, 2.24) is 0 Å². The predicted molar refractivity (Wildman–Crippen MR) is 75.5 cm³/mol. The van der Waals surface area contributed by atoms with Gasteiger partial charge in [-0.15, -0.1) is 0 Å². The fourth-order valence-corrected chi connectivity index (χ4v) is 2.40. The second-order valence-corrected chi connectivity index (χ2v) is 5.68. The van der Waals surface area contributed by atoms with Crippen molar-refractivity contribution in [2.45, 2.75) is 79.6 Å². The van der Waals surface area contributed by atoms with Gasteiger partial charge in [0.1, 0.15) is 0 Å². The minimum Gasteiger partial charge on any atom is -0.0651 e. The first-order chi connectivity index (χ1) is 7.63. The first kappa shape index (κ1) is 16.0. The van der Waals surface area contributed by atoms with Crippen LogP contribution in [0.5, 0.6) is 0 Å². The molecule has 16 heavy (non-hydrogen) atoms. The van der Waals surface area contributed by atoms with Gasteiger partial charge in [0, 0.05) is 0 Å². The van der Waals surface area contributed by atoms with Gasteiger partial charge >= 0.3 is 0 Å². The van der Waals surface area contributed by atoms with E-state index in [1.165, 1.54) is 44.9 Å². The Morgan fingerprint density at radius 2 is 1.56 bits per heavy atom. The molecule has 0 aliphatic rings. The maximum absolute atomic E-state index is 2.38. The van der Waals surface area contributed by atoms with Crippen molar-refractivity contribution in [2.75, 3.05) is 0 Å². The highest BCUT2D eigenvalue weighted by Gasteiger charge is 2.09. The smallest absolute Gasteiger partial charge is 0.0386 e. The van der Waals surface area contributed by atoms with Crippen LogP contribution >= 0.6 is 0 Å². The largest absolute Gasteiger partial charge is 0.0651 e. The zero-order chi connectivity index (χ0) is 12.4. The van der Waals surface area contributed by atoms with E-state index < -0.39 is 0 Å². The molecule has 0 bridgehead atoms. The summed E-state index contributed by atoms with van der Waals surface area (Å²) in [6.45, 7) is 11.6. The van der Waals surface area contributed by atoms with Gasteiger partial charge in [-0.3, -0.25) is 0 Å². The molecule has 0 aliphatic carbocycles. The molecule has 0 nitrogen and oxygen atoms in total. The predicted octanol–water partition coefficient (Wildman–Crippen LogP) is 5.87. The molecule has 0 aromatic carbocycles. The third-order valence-corrected chi connectivity index (χ3v) is 3.91. The van der Waals surface area contributed by atoms with Crippen molar-refractivity contribution in [3.63, 3.8) is 0 Å². The van der Waals surface area contributed by atoms with Crippen LogP contribution < -0.4 is 0 Å². The maximum atomic E-state index is 2.38. The standard InChI is InChI=1S/C16H33/c1-6-15(7-2)10-9-11-16(8-3)13-12-14(4)5/h6,14-16H,7-13H2,1-5H3. The third kappa shape index (κ3) is 8.19. The summed E-state index contributed by atoms with van der Waals surface area (Å²) in [5.41, 5.74) is 0. The second-order valence-electron chi connectivity index (χ2n) is 5.68. The van der Waals surface area contributed by atoms with Gasteiger partial charge in [-0.2, -0.15) is 0 Å². The molecule has 0 aromatic rings. The van der Waals surface area contributed by atoms with Gasteiger partial charge in [0.2, 0.25) is 0 Å². The van der Waals surface area contributed by atoms with Crippen molar-refractivity contribution in [3.05, 3.63) is 6.42 Å². The minimum atomic E-state index is 0.864. The summed E-state index contributed by atoms with van der Waals surface area (Å²) in [6.07, 6.45) is 12.2. The lowest BCUT2D eigenvalue weighted by Gasteiger charge is -2.18. The molecule has 0 spiro atoms. The van der Waals surface area contributed by atoms with E-state index in [1.807, 2.05) is 0 Å². The Morgan fingerprint density at radius 3 is 2.00 bits per heavy atom. The first-order valence-electron chi connectivity index (χ1n) is 7.43. The Morgan fingerprint density at radius 1 is 0.875 bits per heavy atom. The first-order valence-corrected chi connectivity index (χ1v) is 7.43. The SMILES string of the molecule is C[CH]C(CC)CCCC(CC)CCC(C)C. The Hall–Kier alpha value is 0. The zero-order valence-electron chi connectivity index (χ0n) is 12.3. The lowest BCUT2D eigenvalue weighted by atomic mass is 9.88. The summed E-state index contributed by atoms with van der Waals surface area (Å²) in [5.74, 6) is 2.72. The van der Waals surface area contributed by atoms with Crippen molar-refractivity contribution < 1.29 is 0 Å². The molecule has 0 saturated carbocycles. The van der Waals surface area contributed by atoms with Crippen molar-refractivity contribution in [1.29, 1.82) is 0 Å². The molecular formula is C16H33. The van der Waals surface area contributed by atoms with E-state index in [0.29, 0.717) is 0 Å². The van der Waals surface area contributed by atoms with E-state index in [4.69, 9.17) is 0 Å². The molecule has 0 amide bonds. The molecular weight excluding hydrogens is 192 g/mol. The lowest BCUT2D eigenvalue weighted by molar-refractivity contribution is 0.364. The zero-order valence-corrected chi connectivity index (χ0v) is 12.3. The number of rotatable bonds is 10. The van der Waals surface area contributed by atoms with Crippen LogP contribution in [-0.4, -0.2) is 0 Å². The van der Waals surface area contributed by atoms with Crippen LogP contribution in [0.1, 0.15) is 79.6 Å². The van der Waals surface area contributed by atoms with E-state index in [0.717, 1.165) is 17.8 Å². The number of hydrogen-bond acceptors (Lipinski definition) is 0. The molecule has 2 atom stereocenters. The minimum absolute atomic E-state index is 0.864. The second kappa shape index (κ2) is 10.2. The van der Waals surface area contributed by atoms with Crippen LogP contribution in [-0.2, 0) is 0 Å². The Balaban J connectivity index is 3.61. The Bertz CT molecular complexity index is 133. The van der Waals surface area contributed by atoms with Gasteiger partial charge in [-0.1, -0.05) is 79.6 Å². The monoisotopic (exact) mass is 225 g/mol. The van der Waals surface area contributed by atoms with Crippen LogP contribution in [0, 0.1) is 24.2 Å². The quantitative estimate of drug-likeness (QED) is 0.436. The summed E-state index contributed by atoms with van der Waals surface area (Å²) < 4.78 is 0. The van der Waals surface area contributed by atoms with Gasteiger partial charge in [0.15, 0.2) is 0 Å². The average Bonchev–Trinajstić information content (AvgIpc) is 2.28. The van der Waals surface area contributed by atoms with Crippen LogP contribution in [0.15, 0.2) is 0 Å². The molecule has 2 unspecified atom stereocenters. The molecule has 0 saturated heterocycles. The molecule has 0 aromatic heterocycles. The van der Waals surface area contributed by atoms with E-state index in [1.54, 1.807) is 0 Å². The van der Waals surface area contributed by atoms with Crippen LogP contribution in [0.2, 0.25) is 0 Å². The summed E-state index contributed by atoms with van der Waals surface area (Å²) in [6, 6.07) is 0. The number of hydrogen-bond donors (Lipinski definition) is 0. The lowest BCUT2D eigenvalue weighted by Crippen LogP contribution is -2.04. The fourth-order valence-electron chi connectivity index (χ4n) is 2.40. The maximum Gasteiger partial charge on any atom is -0.0386 e. The van der Waals surface area contributed by atoms with Gasteiger partial charge in [0.05, 0.1) is 0 Å². The Kier molecular flexibility index (Phi) is 10.2. The summed E-state index contributed by atoms with van der Waals surface area (Å²) >= 11 is 0. The van der Waals surface area contributed by atoms with Gasteiger partial charge in [-0.05, 0) is 24.2 Å². The molecule has 0 aliphatic heterocycles. The Labute approximate surface area is 104 Å². The van der Waals surface area contributed by atoms with Gasteiger partial charge < -0.3 is 0 Å². The molecule has 0 heteroatoms. The van der Waals surface area contributed by atoms with Crippen molar-refractivity contribution >= 4 is 0 Å². The molecule has 1 radical (unpaired) electrons. The van der Waals surface area contributed by atoms with Crippen molar-refractivity contribution in [3.8, 4) is 0 Å². The van der Waals surface area contributed by atoms with Crippen LogP contribution in [0.4, 0.5) is 0 Å². The molecule has 0 heterocycles. The van der Waals surface area contributed by atoms with Gasteiger partial charge in [-0.25, -0.2) is 0 Å². The average molecular weight is 225 g/mol. The van der Waals surface area contributed by atoms with E-state index >= 15 is 0 Å². The van der Waals surface area contributed by atoms with E-state index in [9.17, 15) is 0 Å². The molecule has 0 N–H and O–H groups in total. The van der Waals surface area contributed by atoms with E-state index in [-0.39, 0.29) is 0 Å². The van der Waals surface area contributed by atoms with Gasteiger partial charge in [0.25, 0.3) is 0 Å². The highest BCUT2D eigenvalue weighted by molar-refractivity contribution is 4.70. The third-order valence-electron chi connectivity index (χ3n) is 3.91. The normalized spacial score (nSPS) is 13.7. The van der Waals surface area contributed by atoms with Crippen molar-refractivity contribution in [2.24, 2.45) is 17.8 Å². The summed E-state index contributed by atoms with van der Waals surface area (Å²) in [7, 11) is 0. The molecule has 0 rings (SSSR count). The molecule has 97 valence electrons. The van der Waals surface area contributed by atoms with Crippen LogP contribution in [0.25, 0.3) is 0 Å². The fraction of sp³-hybridized carbons (Fsp3) is 0.938. The highest BCUT2D eigenvalue weighted by atomic mass is 14.1. The highest BCUT2D eigenvalue weighted by Crippen LogP contribution is 2.23. The summed E-state index contributed by atoms with van der Waals surface area (Å²) in [5, 5.41) is 0.